The average molecular weight is 188 g/mol. The van der Waals surface area contributed by atoms with E-state index >= 15 is 0 Å². The molecule has 1 atom stereocenters. The molecule has 0 saturated heterocycles. The van der Waals surface area contributed by atoms with Gasteiger partial charge in [-0.25, -0.2) is 4.79 Å². The summed E-state index contributed by atoms with van der Waals surface area (Å²) in [6.45, 7) is 5.49. The van der Waals surface area contributed by atoms with Crippen LogP contribution >= 0.6 is 0 Å². The van der Waals surface area contributed by atoms with E-state index in [1.54, 1.807) is 4.90 Å². The Labute approximate surface area is 80.5 Å². The van der Waals surface area contributed by atoms with E-state index < -0.39 is 0 Å². The molecule has 0 aliphatic heterocycles. The molecule has 0 aliphatic carbocycles. The zero-order valence-electron chi connectivity index (χ0n) is 9.20. The van der Waals surface area contributed by atoms with Crippen LogP contribution in [0.5, 0.6) is 0 Å². The normalized spacial score (nSPS) is 12.8. The lowest BCUT2D eigenvalue weighted by Crippen LogP contribution is -2.43. The third kappa shape index (κ3) is 4.12. The van der Waals surface area contributed by atoms with Crippen molar-refractivity contribution < 1.29 is 9.53 Å². The largest absolute Gasteiger partial charge is 0.453 e. The van der Waals surface area contributed by atoms with Crippen molar-refractivity contribution in [2.75, 3.05) is 34.3 Å². The van der Waals surface area contributed by atoms with Crippen LogP contribution in [0.4, 0.5) is 4.79 Å². The molecule has 0 heterocycles. The Morgan fingerprint density at radius 2 is 2.00 bits per heavy atom. The number of nitrogens with zero attached hydrogens (tertiary/aromatic N) is 2. The van der Waals surface area contributed by atoms with Gasteiger partial charge in [0.25, 0.3) is 0 Å². The van der Waals surface area contributed by atoms with Gasteiger partial charge in [0.05, 0.1) is 7.11 Å². The number of hydrogen-bond acceptors (Lipinski definition) is 3. The Hall–Kier alpha value is -0.770. The second-order valence-electron chi connectivity index (χ2n) is 3.37. The van der Waals surface area contributed by atoms with E-state index in [-0.39, 0.29) is 12.1 Å². The summed E-state index contributed by atoms with van der Waals surface area (Å²) in [7, 11) is 5.39. The molecule has 0 aromatic heterocycles. The Morgan fingerprint density at radius 1 is 1.46 bits per heavy atom. The number of amides is 1. The van der Waals surface area contributed by atoms with Crippen molar-refractivity contribution in [3.63, 3.8) is 0 Å². The van der Waals surface area contributed by atoms with Gasteiger partial charge in [-0.2, -0.15) is 0 Å². The molecule has 0 saturated carbocycles. The predicted molar refractivity (Wildman–Crippen MR) is 52.8 cm³/mol. The van der Waals surface area contributed by atoms with Crippen molar-refractivity contribution in [3.05, 3.63) is 0 Å². The van der Waals surface area contributed by atoms with Crippen LogP contribution in [0.15, 0.2) is 0 Å². The minimum atomic E-state index is -0.253. The molecular formula is C9H20N2O2. The summed E-state index contributed by atoms with van der Waals surface area (Å²) in [5, 5.41) is 0. The first kappa shape index (κ1) is 12.2. The maximum Gasteiger partial charge on any atom is 0.409 e. The number of carbonyl (C=O) groups is 1. The van der Waals surface area contributed by atoms with E-state index in [0.29, 0.717) is 6.54 Å². The van der Waals surface area contributed by atoms with Gasteiger partial charge in [-0.1, -0.05) is 0 Å². The van der Waals surface area contributed by atoms with Crippen LogP contribution in [0.1, 0.15) is 13.8 Å². The molecule has 1 unspecified atom stereocenters. The van der Waals surface area contributed by atoms with Gasteiger partial charge in [-0.3, -0.25) is 0 Å². The van der Waals surface area contributed by atoms with E-state index in [1.807, 2.05) is 27.9 Å². The van der Waals surface area contributed by atoms with Crippen molar-refractivity contribution in [1.29, 1.82) is 0 Å². The molecule has 0 radical (unpaired) electrons. The molecule has 4 heteroatoms. The van der Waals surface area contributed by atoms with Gasteiger partial charge in [0.15, 0.2) is 0 Å². The summed E-state index contributed by atoms with van der Waals surface area (Å²) in [6, 6.07) is 0.187. The predicted octanol–water partition coefficient (Wildman–Crippen LogP) is 1.02. The highest BCUT2D eigenvalue weighted by Crippen LogP contribution is 2.02. The first-order chi connectivity index (χ1) is 6.02. The van der Waals surface area contributed by atoms with Crippen LogP contribution in [-0.2, 0) is 4.74 Å². The zero-order valence-corrected chi connectivity index (χ0v) is 9.20. The lowest BCUT2D eigenvalue weighted by molar-refractivity contribution is 0.104. The maximum absolute atomic E-state index is 11.3. The van der Waals surface area contributed by atoms with Crippen LogP contribution in [0, 0.1) is 0 Å². The van der Waals surface area contributed by atoms with Gasteiger partial charge in [-0.05, 0) is 27.9 Å². The van der Waals surface area contributed by atoms with Gasteiger partial charge in [-0.15, -0.1) is 0 Å². The van der Waals surface area contributed by atoms with E-state index in [0.717, 1.165) is 6.54 Å². The monoisotopic (exact) mass is 188 g/mol. The topological polar surface area (TPSA) is 32.8 Å². The molecule has 0 N–H and O–H groups in total. The minimum absolute atomic E-state index is 0.187. The molecule has 0 bridgehead atoms. The summed E-state index contributed by atoms with van der Waals surface area (Å²) in [5.74, 6) is 0. The van der Waals surface area contributed by atoms with Gasteiger partial charge < -0.3 is 14.5 Å². The lowest BCUT2D eigenvalue weighted by Gasteiger charge is -2.28. The Balaban J connectivity index is 4.14. The molecule has 0 rings (SSSR count). The summed E-state index contributed by atoms with van der Waals surface area (Å²) in [5.41, 5.74) is 0. The van der Waals surface area contributed by atoms with Gasteiger partial charge >= 0.3 is 6.09 Å². The van der Waals surface area contributed by atoms with Crippen molar-refractivity contribution in [1.82, 2.24) is 9.80 Å². The SMILES string of the molecule is CCN(C(=O)OC)C(C)CN(C)C. The maximum atomic E-state index is 11.3. The highest BCUT2D eigenvalue weighted by molar-refractivity contribution is 5.67. The molecule has 0 spiro atoms. The van der Waals surface area contributed by atoms with Crippen molar-refractivity contribution in [2.24, 2.45) is 0 Å². The van der Waals surface area contributed by atoms with Crippen LogP contribution in [0.3, 0.4) is 0 Å². The fourth-order valence-electron chi connectivity index (χ4n) is 1.36. The fourth-order valence-corrected chi connectivity index (χ4v) is 1.36. The van der Waals surface area contributed by atoms with E-state index in [2.05, 4.69) is 9.64 Å². The Morgan fingerprint density at radius 3 is 2.31 bits per heavy atom. The molecule has 1 amide bonds. The van der Waals surface area contributed by atoms with Crippen molar-refractivity contribution in [3.8, 4) is 0 Å². The first-order valence-electron chi connectivity index (χ1n) is 4.52. The minimum Gasteiger partial charge on any atom is -0.453 e. The number of hydrogen-bond donors (Lipinski definition) is 0. The standard InChI is InChI=1S/C9H20N2O2/c1-6-11(9(12)13-5)8(2)7-10(3)4/h8H,6-7H2,1-5H3. The van der Waals surface area contributed by atoms with Crippen LogP contribution in [0.2, 0.25) is 0 Å². The van der Waals surface area contributed by atoms with Crippen molar-refractivity contribution in [2.45, 2.75) is 19.9 Å². The second-order valence-corrected chi connectivity index (χ2v) is 3.37. The number of rotatable bonds is 4. The van der Waals surface area contributed by atoms with Gasteiger partial charge in [0.2, 0.25) is 0 Å². The quantitative estimate of drug-likeness (QED) is 0.660. The second kappa shape index (κ2) is 5.80. The molecule has 4 nitrogen and oxygen atoms in total. The molecular weight excluding hydrogens is 168 g/mol. The molecule has 0 fully saturated rings. The van der Waals surface area contributed by atoms with Crippen LogP contribution in [0.25, 0.3) is 0 Å². The van der Waals surface area contributed by atoms with Crippen molar-refractivity contribution >= 4 is 6.09 Å². The highest BCUT2D eigenvalue weighted by atomic mass is 16.5. The molecule has 13 heavy (non-hydrogen) atoms. The number of carbonyl (C=O) groups excluding carboxylic acids is 1. The third-order valence-corrected chi connectivity index (χ3v) is 1.91. The molecule has 78 valence electrons. The summed E-state index contributed by atoms with van der Waals surface area (Å²) in [6.07, 6.45) is -0.253. The molecule has 0 aliphatic rings. The van der Waals surface area contributed by atoms with E-state index in [9.17, 15) is 4.79 Å². The Bertz CT molecular complexity index is 160. The summed E-state index contributed by atoms with van der Waals surface area (Å²) in [4.78, 5) is 15.0. The average Bonchev–Trinajstić information content (AvgIpc) is 2.03. The number of likely N-dealkylation sites (N-methyl/N-ethyl adjacent to an activating group) is 2. The lowest BCUT2D eigenvalue weighted by atomic mass is 10.3. The summed E-state index contributed by atoms with van der Waals surface area (Å²) < 4.78 is 4.67. The zero-order chi connectivity index (χ0) is 10.4. The Kier molecular flexibility index (Phi) is 5.46. The van der Waals surface area contributed by atoms with Gasteiger partial charge in [0, 0.05) is 19.1 Å². The number of ether oxygens (including phenoxy) is 1. The van der Waals surface area contributed by atoms with Gasteiger partial charge in [0.1, 0.15) is 0 Å². The van der Waals surface area contributed by atoms with Crippen LogP contribution < -0.4 is 0 Å². The molecule has 0 aromatic rings. The summed E-state index contributed by atoms with van der Waals surface area (Å²) >= 11 is 0. The first-order valence-corrected chi connectivity index (χ1v) is 4.52. The third-order valence-electron chi connectivity index (χ3n) is 1.91. The smallest absolute Gasteiger partial charge is 0.409 e. The highest BCUT2D eigenvalue weighted by Gasteiger charge is 2.18. The van der Waals surface area contributed by atoms with E-state index in [4.69, 9.17) is 0 Å². The number of methoxy groups -OCH3 is 1. The fraction of sp³-hybridized carbons (Fsp3) is 0.889. The van der Waals surface area contributed by atoms with E-state index in [1.165, 1.54) is 7.11 Å². The molecule has 0 aromatic carbocycles. The van der Waals surface area contributed by atoms with Crippen LogP contribution in [-0.4, -0.2) is 56.2 Å².